The smallest absolute Gasteiger partial charge is 0.343 e. The maximum absolute atomic E-state index is 10.9. The lowest BCUT2D eigenvalue weighted by atomic mass is 10.1. The van der Waals surface area contributed by atoms with Gasteiger partial charge in [0.1, 0.15) is 0 Å². The summed E-state index contributed by atoms with van der Waals surface area (Å²) in [5, 5.41) is 0. The Morgan fingerprint density at radius 2 is 2.00 bits per heavy atom. The molecule has 0 unspecified atom stereocenters. The molecule has 0 amide bonds. The monoisotopic (exact) mass is 221 g/mol. The van der Waals surface area contributed by atoms with Crippen molar-refractivity contribution in [3.05, 3.63) is 35.9 Å². The summed E-state index contributed by atoms with van der Waals surface area (Å²) in [6.45, 7) is -0.101. The van der Waals surface area contributed by atoms with E-state index in [-0.39, 0.29) is 6.61 Å². The third-order valence-corrected chi connectivity index (χ3v) is 2.03. The van der Waals surface area contributed by atoms with Crippen LogP contribution in [0.2, 0.25) is 0 Å². The van der Waals surface area contributed by atoms with Crippen LogP contribution in [-0.4, -0.2) is 32.6 Å². The van der Waals surface area contributed by atoms with Crippen LogP contribution in [0.25, 0.3) is 0 Å². The molecule has 0 bridgehead atoms. The zero-order valence-corrected chi connectivity index (χ0v) is 9.47. The minimum absolute atomic E-state index is 0.101. The van der Waals surface area contributed by atoms with Gasteiger partial charge in [0.2, 0.25) is 0 Å². The fourth-order valence-electron chi connectivity index (χ4n) is 1.17. The summed E-state index contributed by atoms with van der Waals surface area (Å²) >= 11 is 0. The minimum atomic E-state index is -0.408. The standard InChI is InChI=1S/C12H15NO3/c1-13-11(16-9-12(14)15-2)8-10-6-4-3-5-7-10/h3-7H,8-9H2,1-2H3. The largest absolute Gasteiger partial charge is 0.469 e. The van der Waals surface area contributed by atoms with E-state index < -0.39 is 5.97 Å². The van der Waals surface area contributed by atoms with Gasteiger partial charge in [-0.1, -0.05) is 30.3 Å². The van der Waals surface area contributed by atoms with Crippen LogP contribution in [0.3, 0.4) is 0 Å². The number of hydrogen-bond donors (Lipinski definition) is 0. The van der Waals surface area contributed by atoms with Crippen LogP contribution in [0.15, 0.2) is 35.3 Å². The van der Waals surface area contributed by atoms with Crippen molar-refractivity contribution in [2.75, 3.05) is 20.8 Å². The first-order chi connectivity index (χ1) is 7.76. The van der Waals surface area contributed by atoms with E-state index in [0.29, 0.717) is 12.3 Å². The van der Waals surface area contributed by atoms with Gasteiger partial charge in [0.15, 0.2) is 12.5 Å². The van der Waals surface area contributed by atoms with E-state index in [1.165, 1.54) is 7.11 Å². The summed E-state index contributed by atoms with van der Waals surface area (Å²) in [4.78, 5) is 14.9. The Morgan fingerprint density at radius 1 is 1.31 bits per heavy atom. The predicted octanol–water partition coefficient (Wildman–Crippen LogP) is 1.45. The number of rotatable bonds is 4. The topological polar surface area (TPSA) is 47.9 Å². The molecule has 1 rings (SSSR count). The van der Waals surface area contributed by atoms with Crippen LogP contribution in [0.4, 0.5) is 0 Å². The number of benzene rings is 1. The second kappa shape index (κ2) is 6.61. The first kappa shape index (κ1) is 12.2. The van der Waals surface area contributed by atoms with Gasteiger partial charge in [-0.3, -0.25) is 4.99 Å². The second-order valence-corrected chi connectivity index (χ2v) is 3.14. The Labute approximate surface area is 94.9 Å². The van der Waals surface area contributed by atoms with Gasteiger partial charge in [0.05, 0.1) is 7.11 Å². The van der Waals surface area contributed by atoms with Gasteiger partial charge < -0.3 is 9.47 Å². The molecule has 16 heavy (non-hydrogen) atoms. The van der Waals surface area contributed by atoms with E-state index >= 15 is 0 Å². The highest BCUT2D eigenvalue weighted by atomic mass is 16.6. The Morgan fingerprint density at radius 3 is 2.56 bits per heavy atom. The average molecular weight is 221 g/mol. The molecular formula is C12H15NO3. The first-order valence-corrected chi connectivity index (χ1v) is 4.95. The van der Waals surface area contributed by atoms with Crippen molar-refractivity contribution >= 4 is 11.9 Å². The van der Waals surface area contributed by atoms with Crippen LogP contribution in [0, 0.1) is 0 Å². The van der Waals surface area contributed by atoms with E-state index in [4.69, 9.17) is 4.74 Å². The second-order valence-electron chi connectivity index (χ2n) is 3.14. The summed E-state index contributed by atoms with van der Waals surface area (Å²) in [7, 11) is 2.96. The van der Waals surface area contributed by atoms with E-state index in [2.05, 4.69) is 9.73 Å². The van der Waals surface area contributed by atoms with E-state index in [1.807, 2.05) is 30.3 Å². The van der Waals surface area contributed by atoms with Gasteiger partial charge in [-0.05, 0) is 5.56 Å². The maximum atomic E-state index is 10.9. The zero-order chi connectivity index (χ0) is 11.8. The number of hydrogen-bond acceptors (Lipinski definition) is 4. The van der Waals surface area contributed by atoms with Gasteiger partial charge in [-0.2, -0.15) is 0 Å². The summed E-state index contributed by atoms with van der Waals surface area (Å²) in [6.07, 6.45) is 0.578. The Hall–Kier alpha value is -1.84. The fourth-order valence-corrected chi connectivity index (χ4v) is 1.17. The van der Waals surface area contributed by atoms with Crippen molar-refractivity contribution in [1.29, 1.82) is 0 Å². The van der Waals surface area contributed by atoms with Gasteiger partial charge in [-0.25, -0.2) is 4.79 Å². The number of carbonyl (C=O) groups is 1. The molecule has 0 aliphatic heterocycles. The number of methoxy groups -OCH3 is 1. The third kappa shape index (κ3) is 4.13. The quantitative estimate of drug-likeness (QED) is 0.439. The molecular weight excluding hydrogens is 206 g/mol. The summed E-state index contributed by atoms with van der Waals surface area (Å²) in [6, 6.07) is 9.80. The molecule has 0 spiro atoms. The number of ether oxygens (including phenoxy) is 2. The van der Waals surface area contributed by atoms with Crippen molar-refractivity contribution < 1.29 is 14.3 Å². The van der Waals surface area contributed by atoms with Crippen LogP contribution >= 0.6 is 0 Å². The molecule has 0 N–H and O–H groups in total. The number of aliphatic imine (C=N–C) groups is 1. The lowest BCUT2D eigenvalue weighted by Crippen LogP contribution is -2.16. The number of esters is 1. The molecule has 0 aliphatic rings. The highest BCUT2D eigenvalue weighted by Crippen LogP contribution is 2.02. The minimum Gasteiger partial charge on any atom is -0.469 e. The van der Waals surface area contributed by atoms with Crippen molar-refractivity contribution in [1.82, 2.24) is 0 Å². The van der Waals surface area contributed by atoms with E-state index in [9.17, 15) is 4.79 Å². The van der Waals surface area contributed by atoms with Crippen molar-refractivity contribution in [3.8, 4) is 0 Å². The molecule has 0 fully saturated rings. The molecule has 0 aliphatic carbocycles. The molecule has 0 saturated heterocycles. The highest BCUT2D eigenvalue weighted by molar-refractivity contribution is 5.81. The first-order valence-electron chi connectivity index (χ1n) is 4.95. The SMILES string of the molecule is CN=C(Cc1ccccc1)OCC(=O)OC. The third-order valence-electron chi connectivity index (χ3n) is 2.03. The molecule has 0 radical (unpaired) electrons. The Bertz CT molecular complexity index is 360. The molecule has 0 atom stereocenters. The van der Waals surface area contributed by atoms with Crippen LogP contribution in [0.1, 0.15) is 5.56 Å². The predicted molar refractivity (Wildman–Crippen MR) is 61.5 cm³/mol. The van der Waals surface area contributed by atoms with Gasteiger partial charge in [0.25, 0.3) is 0 Å². The maximum Gasteiger partial charge on any atom is 0.343 e. The Kier molecular flexibility index (Phi) is 5.05. The van der Waals surface area contributed by atoms with Crippen molar-refractivity contribution in [2.24, 2.45) is 4.99 Å². The van der Waals surface area contributed by atoms with Crippen molar-refractivity contribution in [2.45, 2.75) is 6.42 Å². The van der Waals surface area contributed by atoms with Gasteiger partial charge in [0, 0.05) is 13.5 Å². The average Bonchev–Trinajstić information content (AvgIpc) is 2.35. The Balaban J connectivity index is 2.48. The van der Waals surface area contributed by atoms with Gasteiger partial charge in [-0.15, -0.1) is 0 Å². The molecule has 86 valence electrons. The van der Waals surface area contributed by atoms with Crippen LogP contribution in [0.5, 0.6) is 0 Å². The van der Waals surface area contributed by atoms with Crippen LogP contribution < -0.4 is 0 Å². The molecule has 4 heteroatoms. The normalized spacial score (nSPS) is 11.0. The summed E-state index contributed by atoms with van der Waals surface area (Å²) < 4.78 is 9.70. The summed E-state index contributed by atoms with van der Waals surface area (Å²) in [5.74, 6) is 0.116. The summed E-state index contributed by atoms with van der Waals surface area (Å²) in [5.41, 5.74) is 1.09. The molecule has 0 aromatic heterocycles. The van der Waals surface area contributed by atoms with Gasteiger partial charge >= 0.3 is 5.97 Å². The molecule has 1 aromatic rings. The molecule has 4 nitrogen and oxygen atoms in total. The molecule has 0 heterocycles. The van der Waals surface area contributed by atoms with E-state index in [0.717, 1.165) is 5.56 Å². The number of carbonyl (C=O) groups excluding carboxylic acids is 1. The lowest BCUT2D eigenvalue weighted by molar-refractivity contribution is -0.143. The van der Waals surface area contributed by atoms with Crippen LogP contribution in [-0.2, 0) is 20.7 Å². The van der Waals surface area contributed by atoms with E-state index in [1.54, 1.807) is 7.05 Å². The van der Waals surface area contributed by atoms with Crippen molar-refractivity contribution in [3.63, 3.8) is 0 Å². The fraction of sp³-hybridized carbons (Fsp3) is 0.333. The lowest BCUT2D eigenvalue weighted by Gasteiger charge is -2.07. The highest BCUT2D eigenvalue weighted by Gasteiger charge is 2.05. The number of nitrogens with zero attached hydrogens (tertiary/aromatic N) is 1. The molecule has 1 aromatic carbocycles. The zero-order valence-electron chi connectivity index (χ0n) is 9.47. The molecule has 0 saturated carbocycles.